The first-order chi connectivity index (χ1) is 10.6. The molecule has 1 aromatic heterocycles. The molecule has 1 N–H and O–H groups in total. The lowest BCUT2D eigenvalue weighted by molar-refractivity contribution is -0.127. The van der Waals surface area contributed by atoms with E-state index < -0.39 is 0 Å². The summed E-state index contributed by atoms with van der Waals surface area (Å²) in [4.78, 5) is 24.4. The zero-order valence-corrected chi connectivity index (χ0v) is 13.2. The molecule has 0 saturated heterocycles. The molecule has 2 aliphatic rings. The topological polar surface area (TPSA) is 78.2 Å². The number of nitrogens with zero attached hydrogens (tertiary/aromatic N) is 3. The number of nitrogens with one attached hydrogen (secondary N) is 1. The highest BCUT2D eigenvalue weighted by Gasteiger charge is 2.30. The Morgan fingerprint density at radius 3 is 2.68 bits per heavy atom. The maximum Gasteiger partial charge on any atom is 0.345 e. The Labute approximate surface area is 129 Å². The second kappa shape index (κ2) is 6.24. The van der Waals surface area contributed by atoms with E-state index in [9.17, 15) is 9.59 Å². The summed E-state index contributed by atoms with van der Waals surface area (Å²) >= 11 is 0. The van der Waals surface area contributed by atoms with Gasteiger partial charge < -0.3 is 10.1 Å². The molecule has 2 heterocycles. The molecule has 1 fully saturated rings. The Hall–Kier alpha value is -1.63. The number of amides is 1. The number of rotatable bonds is 3. The van der Waals surface area contributed by atoms with Gasteiger partial charge in [0.25, 0.3) is 0 Å². The van der Waals surface area contributed by atoms with Gasteiger partial charge in [-0.15, -0.1) is 0 Å². The summed E-state index contributed by atoms with van der Waals surface area (Å²) in [5.74, 6) is 0.731. The summed E-state index contributed by atoms with van der Waals surface area (Å²) in [6.45, 7) is 0.446. The summed E-state index contributed by atoms with van der Waals surface area (Å²) in [5.41, 5.74) is -0.131. The van der Waals surface area contributed by atoms with Crippen molar-refractivity contribution in [3.05, 3.63) is 16.3 Å². The van der Waals surface area contributed by atoms with Crippen LogP contribution in [0.1, 0.15) is 37.9 Å². The van der Waals surface area contributed by atoms with Crippen molar-refractivity contribution >= 4 is 5.91 Å². The Kier molecular flexibility index (Phi) is 4.33. The third kappa shape index (κ3) is 2.95. The quantitative estimate of drug-likeness (QED) is 0.866. The molecule has 1 saturated carbocycles. The van der Waals surface area contributed by atoms with E-state index in [-0.39, 0.29) is 23.6 Å². The molecule has 1 aliphatic carbocycles. The van der Waals surface area contributed by atoms with Gasteiger partial charge in [0, 0.05) is 33.2 Å². The second-order valence-corrected chi connectivity index (χ2v) is 6.39. The third-order valence-electron chi connectivity index (χ3n) is 4.93. The van der Waals surface area contributed by atoms with E-state index in [1.165, 1.54) is 4.68 Å². The fraction of sp³-hybridized carbons (Fsp3) is 0.800. The van der Waals surface area contributed by atoms with Crippen molar-refractivity contribution in [2.75, 3.05) is 7.11 Å². The van der Waals surface area contributed by atoms with Crippen molar-refractivity contribution in [3.63, 3.8) is 0 Å². The summed E-state index contributed by atoms with van der Waals surface area (Å²) in [6.07, 6.45) is 5.71. The minimum atomic E-state index is -0.131. The van der Waals surface area contributed by atoms with Crippen LogP contribution in [-0.4, -0.2) is 39.5 Å². The van der Waals surface area contributed by atoms with Crippen LogP contribution in [0.4, 0.5) is 0 Å². The normalized spacial score (nSPS) is 28.2. The van der Waals surface area contributed by atoms with Gasteiger partial charge in [-0.3, -0.25) is 9.36 Å². The van der Waals surface area contributed by atoms with Gasteiger partial charge >= 0.3 is 5.69 Å². The largest absolute Gasteiger partial charge is 0.381 e. The molecule has 0 aromatic carbocycles. The van der Waals surface area contributed by atoms with Crippen molar-refractivity contribution in [2.24, 2.45) is 13.0 Å². The fourth-order valence-electron chi connectivity index (χ4n) is 3.51. The van der Waals surface area contributed by atoms with Crippen molar-refractivity contribution in [2.45, 2.75) is 57.2 Å². The predicted molar refractivity (Wildman–Crippen MR) is 80.5 cm³/mol. The maximum atomic E-state index is 12.5. The molecule has 0 bridgehead atoms. The summed E-state index contributed by atoms with van der Waals surface area (Å²) < 4.78 is 8.34. The molecule has 1 aliphatic heterocycles. The summed E-state index contributed by atoms with van der Waals surface area (Å²) in [7, 11) is 3.39. The van der Waals surface area contributed by atoms with Crippen LogP contribution in [0.3, 0.4) is 0 Å². The number of fused-ring (bicyclic) bond motifs is 1. The Morgan fingerprint density at radius 1 is 1.27 bits per heavy atom. The number of carbonyl (C=O) groups excluding carboxylic acids is 1. The van der Waals surface area contributed by atoms with Crippen LogP contribution in [0.15, 0.2) is 4.79 Å². The van der Waals surface area contributed by atoms with Gasteiger partial charge in [0.1, 0.15) is 5.82 Å². The number of hydrogen-bond donors (Lipinski definition) is 1. The number of aromatic nitrogens is 3. The van der Waals surface area contributed by atoms with E-state index in [1.54, 1.807) is 18.7 Å². The van der Waals surface area contributed by atoms with E-state index in [1.807, 2.05) is 0 Å². The molecular formula is C15H24N4O3. The van der Waals surface area contributed by atoms with Crippen LogP contribution in [0, 0.1) is 5.92 Å². The van der Waals surface area contributed by atoms with Crippen molar-refractivity contribution in [1.29, 1.82) is 0 Å². The fourth-order valence-corrected chi connectivity index (χ4v) is 3.51. The molecule has 1 unspecified atom stereocenters. The van der Waals surface area contributed by atoms with Crippen LogP contribution in [-0.2, 0) is 29.5 Å². The average Bonchev–Trinajstić information content (AvgIpc) is 2.82. The van der Waals surface area contributed by atoms with Gasteiger partial charge in [-0.25, -0.2) is 9.48 Å². The summed E-state index contributed by atoms with van der Waals surface area (Å²) in [5, 5.41) is 7.35. The Bertz CT molecular complexity index is 598. The van der Waals surface area contributed by atoms with Gasteiger partial charge in [-0.05, 0) is 32.1 Å². The zero-order valence-electron chi connectivity index (χ0n) is 13.2. The molecule has 0 radical (unpaired) electrons. The number of carbonyl (C=O) groups is 1. The monoisotopic (exact) mass is 308 g/mol. The second-order valence-electron chi connectivity index (χ2n) is 6.39. The minimum absolute atomic E-state index is 0.0715. The number of ether oxygens (including phenoxy) is 1. The van der Waals surface area contributed by atoms with E-state index in [0.717, 1.165) is 37.9 Å². The molecule has 1 atom stereocenters. The first kappa shape index (κ1) is 15.3. The van der Waals surface area contributed by atoms with Crippen molar-refractivity contribution in [3.8, 4) is 0 Å². The lowest BCUT2D eigenvalue weighted by Crippen LogP contribution is -2.44. The molecule has 1 amide bonds. The van der Waals surface area contributed by atoms with Gasteiger partial charge in [-0.2, -0.15) is 5.10 Å². The predicted octanol–water partition coefficient (Wildman–Crippen LogP) is 0.218. The van der Waals surface area contributed by atoms with E-state index in [2.05, 4.69) is 10.4 Å². The van der Waals surface area contributed by atoms with Crippen LogP contribution < -0.4 is 11.0 Å². The Balaban J connectivity index is 1.58. The highest BCUT2D eigenvalue weighted by molar-refractivity contribution is 5.79. The third-order valence-corrected chi connectivity index (χ3v) is 4.93. The van der Waals surface area contributed by atoms with Crippen LogP contribution >= 0.6 is 0 Å². The number of hydrogen-bond acceptors (Lipinski definition) is 4. The SMILES string of the molecule is COC1CCC(NC(=O)C2CCc3nn(C)c(=O)n3C2)CC1. The van der Waals surface area contributed by atoms with Gasteiger partial charge in [0.2, 0.25) is 5.91 Å². The minimum Gasteiger partial charge on any atom is -0.381 e. The molecule has 3 rings (SSSR count). The average molecular weight is 308 g/mol. The van der Waals surface area contributed by atoms with E-state index >= 15 is 0 Å². The Morgan fingerprint density at radius 2 is 2.00 bits per heavy atom. The van der Waals surface area contributed by atoms with Crippen LogP contribution in [0.25, 0.3) is 0 Å². The molecule has 22 heavy (non-hydrogen) atoms. The molecule has 7 heteroatoms. The van der Waals surface area contributed by atoms with E-state index in [0.29, 0.717) is 19.1 Å². The number of methoxy groups -OCH3 is 1. The molecular weight excluding hydrogens is 284 g/mol. The van der Waals surface area contributed by atoms with Crippen molar-refractivity contribution in [1.82, 2.24) is 19.7 Å². The van der Waals surface area contributed by atoms with Crippen molar-refractivity contribution < 1.29 is 9.53 Å². The molecule has 1 aromatic rings. The summed E-state index contributed by atoms with van der Waals surface area (Å²) in [6, 6.07) is 0.242. The highest BCUT2D eigenvalue weighted by atomic mass is 16.5. The van der Waals surface area contributed by atoms with Crippen LogP contribution in [0.2, 0.25) is 0 Å². The van der Waals surface area contributed by atoms with Crippen LogP contribution in [0.5, 0.6) is 0 Å². The van der Waals surface area contributed by atoms with Gasteiger partial charge in [0.15, 0.2) is 0 Å². The lowest BCUT2D eigenvalue weighted by Gasteiger charge is -2.30. The first-order valence-corrected chi connectivity index (χ1v) is 8.04. The standard InChI is InChI=1S/C15H24N4O3/c1-18-15(21)19-9-10(3-8-13(19)17-18)14(20)16-11-4-6-12(22-2)7-5-11/h10-12H,3-9H2,1-2H3,(H,16,20). The number of aryl methyl sites for hydroxylation is 2. The molecule has 0 spiro atoms. The van der Waals surface area contributed by atoms with Gasteiger partial charge in [-0.1, -0.05) is 0 Å². The highest BCUT2D eigenvalue weighted by Crippen LogP contribution is 2.22. The lowest BCUT2D eigenvalue weighted by atomic mass is 9.91. The first-order valence-electron chi connectivity index (χ1n) is 8.04. The smallest absolute Gasteiger partial charge is 0.345 e. The molecule has 122 valence electrons. The van der Waals surface area contributed by atoms with E-state index in [4.69, 9.17) is 4.74 Å². The molecule has 7 nitrogen and oxygen atoms in total. The maximum absolute atomic E-state index is 12.5. The van der Waals surface area contributed by atoms with Gasteiger partial charge in [0.05, 0.1) is 12.0 Å². The zero-order chi connectivity index (χ0) is 15.7.